The van der Waals surface area contributed by atoms with Crippen LogP contribution in [0.1, 0.15) is 24.8 Å². The number of amides is 2. The van der Waals surface area contributed by atoms with Crippen LogP contribution in [0.15, 0.2) is 61.1 Å². The Bertz CT molecular complexity index is 900. The summed E-state index contributed by atoms with van der Waals surface area (Å²) in [4.78, 5) is 19.0. The number of pyridine rings is 1. The molecule has 4 rings (SSSR count). The van der Waals surface area contributed by atoms with E-state index < -0.39 is 0 Å². The highest BCUT2D eigenvalue weighted by Crippen LogP contribution is 2.19. The van der Waals surface area contributed by atoms with Crippen LogP contribution < -0.4 is 15.5 Å². The first kappa shape index (κ1) is 18.0. The van der Waals surface area contributed by atoms with Crippen LogP contribution in [0.25, 0.3) is 0 Å². The van der Waals surface area contributed by atoms with E-state index in [1.54, 1.807) is 17.1 Å². The number of urea groups is 1. The smallest absolute Gasteiger partial charge is 0.323 e. The molecule has 0 unspecified atom stereocenters. The molecule has 0 bridgehead atoms. The average molecular weight is 376 g/mol. The van der Waals surface area contributed by atoms with Crippen LogP contribution in [0.4, 0.5) is 22.0 Å². The van der Waals surface area contributed by atoms with Crippen LogP contribution in [0.3, 0.4) is 0 Å². The fourth-order valence-electron chi connectivity index (χ4n) is 3.35. The Morgan fingerprint density at radius 1 is 0.929 bits per heavy atom. The molecule has 2 N–H and O–H groups in total. The largest absolute Gasteiger partial charge is 0.357 e. The predicted molar refractivity (Wildman–Crippen MR) is 111 cm³/mol. The SMILES string of the molecule is O=C(Nc1ccc(N2CCCCC2)nc1)Nc1cnn(Cc2ccccc2)c1. The number of nitrogens with one attached hydrogen (secondary N) is 2. The average Bonchev–Trinajstić information content (AvgIpc) is 3.16. The number of benzene rings is 1. The van der Waals surface area contributed by atoms with E-state index in [2.05, 4.69) is 25.6 Å². The fourth-order valence-corrected chi connectivity index (χ4v) is 3.35. The number of hydrogen-bond donors (Lipinski definition) is 2. The van der Waals surface area contributed by atoms with E-state index in [-0.39, 0.29) is 6.03 Å². The van der Waals surface area contributed by atoms with Crippen molar-refractivity contribution in [3.05, 3.63) is 66.6 Å². The van der Waals surface area contributed by atoms with Gasteiger partial charge in [-0.15, -0.1) is 0 Å². The standard InChI is InChI=1S/C21H24N6O/c28-21(24-18-9-10-20(22-13-18)26-11-5-2-6-12-26)25-19-14-23-27(16-19)15-17-7-3-1-4-8-17/h1,3-4,7-10,13-14,16H,2,5-6,11-12,15H2,(H2,24,25,28). The summed E-state index contributed by atoms with van der Waals surface area (Å²) in [6, 6.07) is 13.6. The highest BCUT2D eigenvalue weighted by molar-refractivity contribution is 5.99. The van der Waals surface area contributed by atoms with Gasteiger partial charge in [0.1, 0.15) is 5.82 Å². The van der Waals surface area contributed by atoms with Crippen LogP contribution in [-0.2, 0) is 6.54 Å². The van der Waals surface area contributed by atoms with Gasteiger partial charge in [-0.2, -0.15) is 5.10 Å². The number of anilines is 3. The number of rotatable bonds is 5. The molecule has 2 amide bonds. The molecule has 28 heavy (non-hydrogen) atoms. The maximum Gasteiger partial charge on any atom is 0.323 e. The summed E-state index contributed by atoms with van der Waals surface area (Å²) in [6.45, 7) is 2.76. The molecule has 0 spiro atoms. The molecule has 3 aromatic rings. The highest BCUT2D eigenvalue weighted by Gasteiger charge is 2.12. The summed E-state index contributed by atoms with van der Waals surface area (Å²) in [5.74, 6) is 0.966. The Balaban J connectivity index is 1.30. The van der Waals surface area contributed by atoms with Gasteiger partial charge in [0.05, 0.1) is 30.3 Å². The molecular weight excluding hydrogens is 352 g/mol. The van der Waals surface area contributed by atoms with Gasteiger partial charge in [-0.05, 0) is 37.0 Å². The van der Waals surface area contributed by atoms with E-state index in [1.165, 1.54) is 19.3 Å². The molecule has 7 heteroatoms. The molecule has 1 fully saturated rings. The van der Waals surface area contributed by atoms with Crippen LogP contribution in [0, 0.1) is 0 Å². The van der Waals surface area contributed by atoms with Crippen LogP contribution in [0.5, 0.6) is 0 Å². The van der Waals surface area contributed by atoms with E-state index in [9.17, 15) is 4.79 Å². The van der Waals surface area contributed by atoms with Gasteiger partial charge in [-0.3, -0.25) is 4.68 Å². The number of aromatic nitrogens is 3. The number of carbonyl (C=O) groups is 1. The second-order valence-electron chi connectivity index (χ2n) is 6.94. The zero-order chi connectivity index (χ0) is 19.2. The Morgan fingerprint density at radius 2 is 1.71 bits per heavy atom. The predicted octanol–water partition coefficient (Wildman–Crippen LogP) is 3.96. The lowest BCUT2D eigenvalue weighted by Gasteiger charge is -2.27. The van der Waals surface area contributed by atoms with Crippen molar-refractivity contribution >= 4 is 23.2 Å². The zero-order valence-electron chi connectivity index (χ0n) is 15.7. The maximum absolute atomic E-state index is 12.2. The van der Waals surface area contributed by atoms with Gasteiger partial charge in [0.2, 0.25) is 0 Å². The summed E-state index contributed by atoms with van der Waals surface area (Å²) >= 11 is 0. The van der Waals surface area contributed by atoms with Crippen molar-refractivity contribution in [1.82, 2.24) is 14.8 Å². The molecule has 0 radical (unpaired) electrons. The number of nitrogens with zero attached hydrogens (tertiary/aromatic N) is 4. The molecule has 0 saturated carbocycles. The van der Waals surface area contributed by atoms with Crippen LogP contribution in [0.2, 0.25) is 0 Å². The first-order chi connectivity index (χ1) is 13.8. The molecule has 2 aromatic heterocycles. The lowest BCUT2D eigenvalue weighted by atomic mass is 10.1. The van der Waals surface area contributed by atoms with Gasteiger partial charge in [0, 0.05) is 19.3 Å². The van der Waals surface area contributed by atoms with Crippen molar-refractivity contribution in [2.24, 2.45) is 0 Å². The van der Waals surface area contributed by atoms with E-state index in [0.29, 0.717) is 17.9 Å². The van der Waals surface area contributed by atoms with E-state index in [0.717, 1.165) is 24.5 Å². The third-order valence-electron chi connectivity index (χ3n) is 4.76. The van der Waals surface area contributed by atoms with E-state index >= 15 is 0 Å². The summed E-state index contributed by atoms with van der Waals surface area (Å²) in [7, 11) is 0. The van der Waals surface area contributed by atoms with Crippen LogP contribution >= 0.6 is 0 Å². The summed E-state index contributed by atoms with van der Waals surface area (Å²) < 4.78 is 1.79. The Labute approximate surface area is 164 Å². The first-order valence-corrected chi connectivity index (χ1v) is 9.62. The van der Waals surface area contributed by atoms with Crippen molar-refractivity contribution in [1.29, 1.82) is 0 Å². The molecular formula is C21H24N6O. The Hall–Kier alpha value is -3.35. The molecule has 144 valence electrons. The molecule has 1 aliphatic rings. The normalized spacial score (nSPS) is 13.9. The Morgan fingerprint density at radius 3 is 2.46 bits per heavy atom. The molecule has 1 aliphatic heterocycles. The fraction of sp³-hybridized carbons (Fsp3) is 0.286. The number of piperidine rings is 1. The monoisotopic (exact) mass is 376 g/mol. The molecule has 3 heterocycles. The summed E-state index contributed by atoms with van der Waals surface area (Å²) in [6.07, 6.45) is 8.86. The third-order valence-corrected chi connectivity index (χ3v) is 4.76. The molecule has 7 nitrogen and oxygen atoms in total. The topological polar surface area (TPSA) is 75.1 Å². The minimum Gasteiger partial charge on any atom is -0.357 e. The van der Waals surface area contributed by atoms with Crippen molar-refractivity contribution in [2.75, 3.05) is 28.6 Å². The van der Waals surface area contributed by atoms with E-state index in [1.807, 2.05) is 48.7 Å². The lowest BCUT2D eigenvalue weighted by molar-refractivity contribution is 0.262. The molecule has 1 saturated heterocycles. The van der Waals surface area contributed by atoms with Crippen molar-refractivity contribution in [3.63, 3.8) is 0 Å². The van der Waals surface area contributed by atoms with Gasteiger partial charge < -0.3 is 15.5 Å². The van der Waals surface area contributed by atoms with Crippen molar-refractivity contribution in [3.8, 4) is 0 Å². The van der Waals surface area contributed by atoms with Gasteiger partial charge in [0.15, 0.2) is 0 Å². The van der Waals surface area contributed by atoms with E-state index in [4.69, 9.17) is 0 Å². The van der Waals surface area contributed by atoms with Gasteiger partial charge in [0.25, 0.3) is 0 Å². The number of hydrogen-bond acceptors (Lipinski definition) is 4. The minimum atomic E-state index is -0.313. The second-order valence-corrected chi connectivity index (χ2v) is 6.94. The van der Waals surface area contributed by atoms with Crippen molar-refractivity contribution < 1.29 is 4.79 Å². The highest BCUT2D eigenvalue weighted by atomic mass is 16.2. The minimum absolute atomic E-state index is 0.313. The molecule has 1 aromatic carbocycles. The van der Waals surface area contributed by atoms with Gasteiger partial charge in [-0.1, -0.05) is 30.3 Å². The van der Waals surface area contributed by atoms with Gasteiger partial charge in [-0.25, -0.2) is 9.78 Å². The summed E-state index contributed by atoms with van der Waals surface area (Å²) in [5.41, 5.74) is 2.46. The van der Waals surface area contributed by atoms with Crippen molar-refractivity contribution in [2.45, 2.75) is 25.8 Å². The quantitative estimate of drug-likeness (QED) is 0.707. The number of carbonyl (C=O) groups excluding carboxylic acids is 1. The van der Waals surface area contributed by atoms with Gasteiger partial charge >= 0.3 is 6.03 Å². The first-order valence-electron chi connectivity index (χ1n) is 9.62. The van der Waals surface area contributed by atoms with Crippen LogP contribution in [-0.4, -0.2) is 33.9 Å². The zero-order valence-corrected chi connectivity index (χ0v) is 15.7. The maximum atomic E-state index is 12.2. The molecule has 0 atom stereocenters. The Kier molecular flexibility index (Phi) is 5.51. The summed E-state index contributed by atoms with van der Waals surface area (Å²) in [5, 5.41) is 9.91. The third kappa shape index (κ3) is 4.68. The lowest BCUT2D eigenvalue weighted by Crippen LogP contribution is -2.30. The second kappa shape index (κ2) is 8.56. The molecule has 0 aliphatic carbocycles.